The largest absolute Gasteiger partial charge is 0.310 e. The van der Waals surface area contributed by atoms with Crippen LogP contribution in [0.5, 0.6) is 0 Å². The van der Waals surface area contributed by atoms with E-state index in [9.17, 15) is 0 Å². The Morgan fingerprint density at radius 2 is 2.00 bits per heavy atom. The highest BCUT2D eigenvalue weighted by molar-refractivity contribution is 6.33. The van der Waals surface area contributed by atoms with Gasteiger partial charge in [0.15, 0.2) is 0 Å². The first kappa shape index (κ1) is 15.3. The number of hydrogen-bond acceptors (Lipinski definition) is 2. The predicted octanol–water partition coefficient (Wildman–Crippen LogP) is 4.59. The van der Waals surface area contributed by atoms with Crippen LogP contribution in [0, 0.1) is 6.92 Å². The first-order valence-corrected chi connectivity index (χ1v) is 7.45. The van der Waals surface area contributed by atoms with Crippen molar-refractivity contribution in [2.24, 2.45) is 0 Å². The highest BCUT2D eigenvalue weighted by atomic mass is 35.5. The van der Waals surface area contributed by atoms with Gasteiger partial charge in [-0.25, -0.2) is 0 Å². The van der Waals surface area contributed by atoms with Crippen molar-refractivity contribution in [2.45, 2.75) is 26.3 Å². The van der Waals surface area contributed by atoms with Gasteiger partial charge in [0.05, 0.1) is 0 Å². The van der Waals surface area contributed by atoms with Crippen LogP contribution in [0.25, 0.3) is 0 Å². The Bertz CT molecular complexity index is 567. The number of likely N-dealkylation sites (N-methyl/N-ethyl adjacent to an activating group) is 1. The molecule has 0 saturated carbocycles. The Hall–Kier alpha value is -1.09. The first-order chi connectivity index (χ1) is 9.60. The van der Waals surface area contributed by atoms with E-state index >= 15 is 0 Å². The molecular formula is C16H18Cl2N2. The van der Waals surface area contributed by atoms with Crippen molar-refractivity contribution in [3.8, 4) is 0 Å². The molecule has 1 atom stereocenters. The lowest BCUT2D eigenvalue weighted by Gasteiger charge is -2.19. The fourth-order valence-electron chi connectivity index (χ4n) is 2.15. The van der Waals surface area contributed by atoms with E-state index in [1.54, 1.807) is 6.07 Å². The van der Waals surface area contributed by atoms with Crippen molar-refractivity contribution in [3.63, 3.8) is 0 Å². The third-order valence-electron chi connectivity index (χ3n) is 3.17. The second-order valence-corrected chi connectivity index (χ2v) is 5.65. The minimum Gasteiger partial charge on any atom is -0.310 e. The van der Waals surface area contributed by atoms with Crippen LogP contribution in [0.3, 0.4) is 0 Å². The molecular weight excluding hydrogens is 291 g/mol. The molecule has 1 unspecified atom stereocenters. The summed E-state index contributed by atoms with van der Waals surface area (Å²) >= 11 is 12.4. The molecule has 0 spiro atoms. The van der Waals surface area contributed by atoms with E-state index in [4.69, 9.17) is 23.2 Å². The Labute approximate surface area is 130 Å². The summed E-state index contributed by atoms with van der Waals surface area (Å²) in [7, 11) is 0. The van der Waals surface area contributed by atoms with Crippen LogP contribution in [-0.2, 0) is 6.42 Å². The van der Waals surface area contributed by atoms with Gasteiger partial charge in [0.1, 0.15) is 0 Å². The van der Waals surface area contributed by atoms with Crippen LogP contribution in [0.1, 0.15) is 29.8 Å². The molecule has 0 aliphatic carbocycles. The number of benzene rings is 1. The van der Waals surface area contributed by atoms with E-state index in [2.05, 4.69) is 29.4 Å². The summed E-state index contributed by atoms with van der Waals surface area (Å²) in [6, 6.07) is 9.81. The zero-order chi connectivity index (χ0) is 14.5. The summed E-state index contributed by atoms with van der Waals surface area (Å²) in [5, 5.41) is 4.87. The van der Waals surface area contributed by atoms with Gasteiger partial charge in [0.2, 0.25) is 0 Å². The molecule has 20 heavy (non-hydrogen) atoms. The molecule has 1 aromatic carbocycles. The van der Waals surface area contributed by atoms with Crippen molar-refractivity contribution in [1.82, 2.24) is 10.3 Å². The van der Waals surface area contributed by atoms with Crippen LogP contribution in [0.2, 0.25) is 10.0 Å². The summed E-state index contributed by atoms with van der Waals surface area (Å²) in [6.45, 7) is 4.97. The molecule has 2 nitrogen and oxygen atoms in total. The molecule has 0 aliphatic heterocycles. The van der Waals surface area contributed by atoms with E-state index in [-0.39, 0.29) is 6.04 Å². The maximum atomic E-state index is 6.30. The van der Waals surface area contributed by atoms with E-state index in [1.807, 2.05) is 25.3 Å². The van der Waals surface area contributed by atoms with Gasteiger partial charge in [-0.15, -0.1) is 0 Å². The van der Waals surface area contributed by atoms with E-state index in [1.165, 1.54) is 0 Å². The van der Waals surface area contributed by atoms with Crippen LogP contribution in [0.4, 0.5) is 0 Å². The number of aromatic nitrogens is 1. The lowest BCUT2D eigenvalue weighted by molar-refractivity contribution is 0.544. The standard InChI is InChI=1S/C16H18Cl2N2/c1-3-19-16(9-13-6-4-11(2)10-20-13)14-8-12(17)5-7-15(14)18/h4-8,10,16,19H,3,9H2,1-2H3. The molecule has 1 heterocycles. The number of nitrogens with zero attached hydrogens (tertiary/aromatic N) is 1. The molecule has 0 fully saturated rings. The molecule has 1 aromatic heterocycles. The topological polar surface area (TPSA) is 24.9 Å². The molecule has 4 heteroatoms. The van der Waals surface area contributed by atoms with Crippen molar-refractivity contribution in [3.05, 3.63) is 63.4 Å². The van der Waals surface area contributed by atoms with Gasteiger partial charge in [-0.2, -0.15) is 0 Å². The Kier molecular flexibility index (Phi) is 5.41. The van der Waals surface area contributed by atoms with Crippen molar-refractivity contribution < 1.29 is 0 Å². The maximum Gasteiger partial charge on any atom is 0.0454 e. The van der Waals surface area contributed by atoms with Crippen LogP contribution >= 0.6 is 23.2 Å². The molecule has 0 amide bonds. The Morgan fingerprint density at radius 3 is 2.65 bits per heavy atom. The summed E-state index contributed by atoms with van der Waals surface area (Å²) in [4.78, 5) is 4.46. The molecule has 0 aliphatic rings. The second kappa shape index (κ2) is 7.07. The third kappa shape index (κ3) is 3.95. The molecule has 0 bridgehead atoms. The summed E-state index contributed by atoms with van der Waals surface area (Å²) in [5.41, 5.74) is 3.22. The van der Waals surface area contributed by atoms with Gasteiger partial charge in [-0.3, -0.25) is 4.98 Å². The minimum absolute atomic E-state index is 0.112. The first-order valence-electron chi connectivity index (χ1n) is 6.70. The van der Waals surface area contributed by atoms with E-state index < -0.39 is 0 Å². The molecule has 0 saturated heterocycles. The van der Waals surface area contributed by atoms with Gasteiger partial charge in [0.25, 0.3) is 0 Å². The number of hydrogen-bond donors (Lipinski definition) is 1. The lowest BCUT2D eigenvalue weighted by atomic mass is 10.0. The van der Waals surface area contributed by atoms with Gasteiger partial charge in [-0.1, -0.05) is 36.2 Å². The van der Waals surface area contributed by atoms with Crippen molar-refractivity contribution in [2.75, 3.05) is 6.54 Å². The zero-order valence-corrected chi connectivity index (χ0v) is 13.2. The normalized spacial score (nSPS) is 12.4. The predicted molar refractivity (Wildman–Crippen MR) is 85.6 cm³/mol. The molecule has 106 valence electrons. The molecule has 1 N–H and O–H groups in total. The Balaban J connectivity index is 2.26. The van der Waals surface area contributed by atoms with Gasteiger partial charge >= 0.3 is 0 Å². The van der Waals surface area contributed by atoms with Crippen LogP contribution < -0.4 is 5.32 Å². The van der Waals surface area contributed by atoms with Crippen molar-refractivity contribution >= 4 is 23.2 Å². The molecule has 0 radical (unpaired) electrons. The third-order valence-corrected chi connectivity index (χ3v) is 3.75. The average molecular weight is 309 g/mol. The van der Waals surface area contributed by atoms with Crippen LogP contribution in [-0.4, -0.2) is 11.5 Å². The fraction of sp³-hybridized carbons (Fsp3) is 0.312. The smallest absolute Gasteiger partial charge is 0.0454 e. The molecule has 2 rings (SSSR count). The fourth-order valence-corrected chi connectivity index (χ4v) is 2.58. The Morgan fingerprint density at radius 1 is 1.20 bits per heavy atom. The number of nitrogens with one attached hydrogen (secondary N) is 1. The van der Waals surface area contributed by atoms with E-state index in [0.717, 1.165) is 34.8 Å². The van der Waals surface area contributed by atoms with Gasteiger partial charge in [0, 0.05) is 34.4 Å². The number of pyridine rings is 1. The highest BCUT2D eigenvalue weighted by Crippen LogP contribution is 2.28. The number of rotatable bonds is 5. The second-order valence-electron chi connectivity index (χ2n) is 4.81. The quantitative estimate of drug-likeness (QED) is 0.874. The van der Waals surface area contributed by atoms with Gasteiger partial charge < -0.3 is 5.32 Å². The number of halogens is 2. The maximum absolute atomic E-state index is 6.30. The SMILES string of the molecule is CCNC(Cc1ccc(C)cn1)c1cc(Cl)ccc1Cl. The van der Waals surface area contributed by atoms with E-state index in [0.29, 0.717) is 5.02 Å². The summed E-state index contributed by atoms with van der Waals surface area (Å²) in [5.74, 6) is 0. The lowest BCUT2D eigenvalue weighted by Crippen LogP contribution is -2.23. The zero-order valence-electron chi connectivity index (χ0n) is 11.7. The van der Waals surface area contributed by atoms with Gasteiger partial charge in [-0.05, 0) is 48.9 Å². The number of aryl methyl sites for hydroxylation is 1. The highest BCUT2D eigenvalue weighted by Gasteiger charge is 2.15. The van der Waals surface area contributed by atoms with Crippen LogP contribution in [0.15, 0.2) is 36.5 Å². The summed E-state index contributed by atoms with van der Waals surface area (Å²) < 4.78 is 0. The monoisotopic (exact) mass is 308 g/mol. The average Bonchev–Trinajstić information content (AvgIpc) is 2.43. The molecule has 2 aromatic rings. The minimum atomic E-state index is 0.112. The van der Waals surface area contributed by atoms with Crippen molar-refractivity contribution in [1.29, 1.82) is 0 Å². The summed E-state index contributed by atoms with van der Waals surface area (Å²) in [6.07, 6.45) is 2.67.